The summed E-state index contributed by atoms with van der Waals surface area (Å²) in [5, 5.41) is 3.55. The fraction of sp³-hybridized carbons (Fsp3) is 0.400. The monoisotopic (exact) mass is 666 g/mol. The minimum atomic E-state index is -1.31. The number of nitrogens with one attached hydrogen (secondary N) is 1. The smallest absolute Gasteiger partial charge is 0.337 e. The molecule has 4 aromatic rings. The highest BCUT2D eigenvalue weighted by molar-refractivity contribution is 6.31. The van der Waals surface area contributed by atoms with Crippen LogP contribution in [0, 0.1) is 5.82 Å². The Morgan fingerprint density at radius 1 is 1.15 bits per heavy atom. The number of likely N-dealkylation sites (tertiary alicyclic amines) is 1. The maximum absolute atomic E-state index is 16.3. The quantitative estimate of drug-likeness (QED) is 0.222. The molecule has 0 aliphatic carbocycles. The maximum Gasteiger partial charge on any atom is 0.337 e. The molecule has 8 nitrogen and oxygen atoms in total. The lowest BCUT2D eigenvalue weighted by Crippen LogP contribution is -2.53. The average Bonchev–Trinajstić information content (AvgIpc) is 3.61. The van der Waals surface area contributed by atoms with Gasteiger partial charge in [0.2, 0.25) is 5.91 Å². The number of aryl methyl sites for hydroxylation is 1. The van der Waals surface area contributed by atoms with Crippen LogP contribution in [-0.4, -0.2) is 58.2 Å². The topological polar surface area (TPSA) is 85.7 Å². The van der Waals surface area contributed by atoms with E-state index in [0.717, 1.165) is 16.9 Å². The first-order chi connectivity index (χ1) is 21.5. The van der Waals surface area contributed by atoms with Gasteiger partial charge in [-0.15, -0.1) is 0 Å². The first-order valence-electron chi connectivity index (χ1n) is 15.0. The van der Waals surface area contributed by atoms with Crippen molar-refractivity contribution in [2.75, 3.05) is 25.6 Å². The van der Waals surface area contributed by atoms with Crippen molar-refractivity contribution in [1.29, 1.82) is 0 Å². The first kappa shape index (κ1) is 32.4. The van der Waals surface area contributed by atoms with Crippen LogP contribution in [-0.2, 0) is 26.4 Å². The molecule has 11 heteroatoms. The lowest BCUT2D eigenvalue weighted by atomic mass is 9.70. The lowest BCUT2D eigenvalue weighted by Gasteiger charge is -2.40. The molecular weight excluding hydrogens is 630 g/mol. The number of benzene rings is 3. The van der Waals surface area contributed by atoms with Crippen LogP contribution in [0.3, 0.4) is 0 Å². The van der Waals surface area contributed by atoms with Gasteiger partial charge in [-0.1, -0.05) is 48.8 Å². The molecule has 1 spiro atoms. The van der Waals surface area contributed by atoms with Gasteiger partial charge < -0.3 is 19.4 Å². The van der Waals surface area contributed by atoms with E-state index in [1.165, 1.54) is 13.2 Å². The van der Waals surface area contributed by atoms with Gasteiger partial charge in [0.05, 0.1) is 40.9 Å². The number of aromatic nitrogens is 2. The number of fused-ring (bicyclic) bond motifs is 7. The van der Waals surface area contributed by atoms with Crippen LogP contribution in [0.15, 0.2) is 54.6 Å². The number of ether oxygens (including phenoxy) is 2. The number of nitrogens with zero attached hydrogens (tertiary/aromatic N) is 3. The number of rotatable bonds is 5. The number of hydrogen-bond donors (Lipinski definition) is 1. The predicted molar refractivity (Wildman–Crippen MR) is 177 cm³/mol. The molecule has 0 radical (unpaired) electrons. The summed E-state index contributed by atoms with van der Waals surface area (Å²) in [5.74, 6) is -1.68. The molecule has 1 aromatic heterocycles. The van der Waals surface area contributed by atoms with Crippen molar-refractivity contribution in [2.45, 2.75) is 70.2 Å². The summed E-state index contributed by atoms with van der Waals surface area (Å²) < 4.78 is 29.6. The molecule has 0 bridgehead atoms. The highest BCUT2D eigenvalue weighted by Crippen LogP contribution is 2.64. The lowest BCUT2D eigenvalue weighted by molar-refractivity contribution is -0.129. The van der Waals surface area contributed by atoms with E-state index in [0.29, 0.717) is 53.5 Å². The summed E-state index contributed by atoms with van der Waals surface area (Å²) in [6.45, 7) is 7.37. The van der Waals surface area contributed by atoms with E-state index in [1.807, 2.05) is 32.9 Å². The molecule has 7 rings (SSSR count). The number of imidazole rings is 1. The van der Waals surface area contributed by atoms with Crippen LogP contribution in [0.4, 0.5) is 10.1 Å². The Kier molecular flexibility index (Phi) is 8.20. The van der Waals surface area contributed by atoms with Crippen LogP contribution in [0.25, 0.3) is 11.0 Å². The van der Waals surface area contributed by atoms with Crippen molar-refractivity contribution in [1.82, 2.24) is 14.5 Å². The third-order valence-electron chi connectivity index (χ3n) is 9.39. The summed E-state index contributed by atoms with van der Waals surface area (Å²) >= 11 is 12.8. The largest absolute Gasteiger partial charge is 0.465 e. The standard InChI is InChI=1S/C34H33Cl2FN4O4.CH4/c1-33(2,3)45-15-14-41-26-12-13-40-25-11-8-18(31(42)44-4)16-24(25)38-30(40)27(26)28(20-6-5-7-22(36)29(20)37)34(41)21-10-9-19(35)17-23(21)39-32(34)43;/h5-11,16-17,26-28H,12-15H2,1-4H3,(H,39,43);1H4/t26-,27+,28-,34+;/m0./s1. The Morgan fingerprint density at radius 3 is 2.67 bits per heavy atom. The second-order valence-corrected chi connectivity index (χ2v) is 13.7. The van der Waals surface area contributed by atoms with Gasteiger partial charge in [-0.3, -0.25) is 9.69 Å². The Hall–Kier alpha value is -3.50. The average molecular weight is 668 g/mol. The van der Waals surface area contributed by atoms with Crippen LogP contribution in [0.1, 0.15) is 73.8 Å². The van der Waals surface area contributed by atoms with E-state index >= 15 is 4.39 Å². The normalized spacial score (nSPS) is 23.5. The summed E-state index contributed by atoms with van der Waals surface area (Å²) in [4.78, 5) is 34.3. The number of esters is 1. The predicted octanol–water partition coefficient (Wildman–Crippen LogP) is 7.52. The van der Waals surface area contributed by atoms with Crippen molar-refractivity contribution in [3.8, 4) is 0 Å². The summed E-state index contributed by atoms with van der Waals surface area (Å²) in [6, 6.07) is 15.4. The van der Waals surface area contributed by atoms with Gasteiger partial charge in [0.1, 0.15) is 17.2 Å². The van der Waals surface area contributed by atoms with E-state index in [1.54, 1.807) is 36.4 Å². The third-order valence-corrected chi connectivity index (χ3v) is 9.92. The second-order valence-electron chi connectivity index (χ2n) is 12.9. The SMILES string of the molecule is C.COC(=O)c1ccc2c(c1)nc1n2CC[C@H]2[C@@H]1[C@H](c1cccc(Cl)c1F)[C@]1(C(=O)Nc3cc(Cl)ccc31)N2CCOC(C)(C)C. The van der Waals surface area contributed by atoms with Gasteiger partial charge in [0, 0.05) is 47.2 Å². The molecule has 4 heterocycles. The molecule has 4 atom stereocenters. The number of carbonyl (C=O) groups excluding carboxylic acids is 2. The fourth-order valence-electron chi connectivity index (χ4n) is 7.77. The molecule has 0 saturated carbocycles. The van der Waals surface area contributed by atoms with Gasteiger partial charge in [-0.05, 0) is 69.2 Å². The number of carbonyl (C=O) groups is 2. The molecule has 3 aliphatic heterocycles. The minimum absolute atomic E-state index is 0. The van der Waals surface area contributed by atoms with Crippen molar-refractivity contribution in [3.63, 3.8) is 0 Å². The highest BCUT2D eigenvalue weighted by Gasteiger charge is 2.68. The molecule has 46 heavy (non-hydrogen) atoms. The Labute approximate surface area is 277 Å². The van der Waals surface area contributed by atoms with E-state index in [9.17, 15) is 9.59 Å². The third kappa shape index (κ3) is 4.82. The van der Waals surface area contributed by atoms with E-state index in [2.05, 4.69) is 14.8 Å². The number of anilines is 1. The zero-order chi connectivity index (χ0) is 31.8. The fourth-order valence-corrected chi connectivity index (χ4v) is 8.13. The number of amides is 1. The van der Waals surface area contributed by atoms with Gasteiger partial charge in [0.15, 0.2) is 0 Å². The summed E-state index contributed by atoms with van der Waals surface area (Å²) in [5.41, 5.74) is 1.82. The van der Waals surface area contributed by atoms with Crippen molar-refractivity contribution in [2.24, 2.45) is 0 Å². The Balaban J connectivity index is 0.00000372. The minimum Gasteiger partial charge on any atom is -0.465 e. The number of methoxy groups -OCH3 is 1. The number of halogens is 3. The molecule has 1 N–H and O–H groups in total. The Bertz CT molecular complexity index is 1870. The number of hydrogen-bond acceptors (Lipinski definition) is 6. The zero-order valence-electron chi connectivity index (χ0n) is 25.4. The Morgan fingerprint density at radius 2 is 1.93 bits per heavy atom. The van der Waals surface area contributed by atoms with Gasteiger partial charge in [-0.25, -0.2) is 14.2 Å². The van der Waals surface area contributed by atoms with E-state index in [-0.39, 0.29) is 24.4 Å². The van der Waals surface area contributed by atoms with E-state index < -0.39 is 34.8 Å². The maximum atomic E-state index is 16.3. The molecule has 1 saturated heterocycles. The molecule has 3 aliphatic rings. The first-order valence-corrected chi connectivity index (χ1v) is 15.8. The van der Waals surface area contributed by atoms with Gasteiger partial charge in [-0.2, -0.15) is 0 Å². The molecule has 1 amide bonds. The van der Waals surface area contributed by atoms with Crippen LogP contribution in [0.5, 0.6) is 0 Å². The van der Waals surface area contributed by atoms with Gasteiger partial charge in [0.25, 0.3) is 0 Å². The van der Waals surface area contributed by atoms with Crippen molar-refractivity contribution < 1.29 is 23.5 Å². The van der Waals surface area contributed by atoms with E-state index in [4.69, 9.17) is 37.7 Å². The molecule has 0 unspecified atom stereocenters. The summed E-state index contributed by atoms with van der Waals surface area (Å²) in [6.07, 6.45) is 0.675. The van der Waals surface area contributed by atoms with Gasteiger partial charge >= 0.3 is 5.97 Å². The van der Waals surface area contributed by atoms with Crippen molar-refractivity contribution >= 4 is 51.8 Å². The van der Waals surface area contributed by atoms with Crippen LogP contribution < -0.4 is 5.32 Å². The zero-order valence-corrected chi connectivity index (χ0v) is 26.9. The van der Waals surface area contributed by atoms with Crippen LogP contribution in [0.2, 0.25) is 10.0 Å². The second kappa shape index (κ2) is 11.6. The highest BCUT2D eigenvalue weighted by atomic mass is 35.5. The molecular formula is C35H37Cl2FN4O4. The van der Waals surface area contributed by atoms with Crippen LogP contribution >= 0.6 is 23.2 Å². The van der Waals surface area contributed by atoms with Crippen molar-refractivity contribution in [3.05, 3.63) is 93.0 Å². The summed E-state index contributed by atoms with van der Waals surface area (Å²) in [7, 11) is 1.34. The molecule has 1 fully saturated rings. The molecule has 242 valence electrons. The molecule has 3 aromatic carbocycles.